The maximum Gasteiger partial charge on any atom is 0.0580 e. The maximum absolute atomic E-state index is 6.23. The Bertz CT molecular complexity index is 481. The zero-order valence-electron chi connectivity index (χ0n) is 11.5. The number of hydrazine groups is 1. The summed E-state index contributed by atoms with van der Waals surface area (Å²) in [6.07, 6.45) is 0. The number of rotatable bonds is 2. The molecule has 0 amide bonds. The minimum atomic E-state index is 1.03. The molecule has 18 heavy (non-hydrogen) atoms. The van der Waals surface area contributed by atoms with Gasteiger partial charge in [0.15, 0.2) is 0 Å². The first-order valence-corrected chi connectivity index (χ1v) is 6.17. The van der Waals surface area contributed by atoms with E-state index in [4.69, 9.17) is 5.84 Å². The van der Waals surface area contributed by atoms with E-state index in [1.54, 1.807) is 5.01 Å². The van der Waals surface area contributed by atoms with Crippen molar-refractivity contribution in [2.45, 2.75) is 27.7 Å². The number of nitrogens with zero attached hydrogens (tertiary/aromatic N) is 1. The second-order valence-corrected chi connectivity index (χ2v) is 5.06. The van der Waals surface area contributed by atoms with Crippen LogP contribution < -0.4 is 10.9 Å². The number of hydrogen-bond donors (Lipinski definition) is 1. The van der Waals surface area contributed by atoms with E-state index in [1.165, 1.54) is 22.3 Å². The molecule has 0 aliphatic heterocycles. The van der Waals surface area contributed by atoms with E-state index in [0.717, 1.165) is 11.4 Å². The van der Waals surface area contributed by atoms with Crippen molar-refractivity contribution in [2.24, 2.45) is 5.84 Å². The highest BCUT2D eigenvalue weighted by Crippen LogP contribution is 2.25. The molecule has 2 heteroatoms. The molecule has 0 aliphatic rings. The second kappa shape index (κ2) is 4.83. The number of nitrogens with two attached hydrogens (primary N) is 1. The molecule has 0 fully saturated rings. The van der Waals surface area contributed by atoms with E-state index in [1.807, 2.05) is 0 Å². The molecule has 0 saturated heterocycles. The molecule has 0 radical (unpaired) electrons. The predicted octanol–water partition coefficient (Wildman–Crippen LogP) is 3.93. The van der Waals surface area contributed by atoms with Crippen molar-refractivity contribution in [3.05, 3.63) is 58.7 Å². The zero-order chi connectivity index (χ0) is 13.3. The highest BCUT2D eigenvalue weighted by Gasteiger charge is 2.06. The van der Waals surface area contributed by atoms with Crippen LogP contribution in [0.25, 0.3) is 0 Å². The lowest BCUT2D eigenvalue weighted by atomic mass is 10.1. The third-order valence-corrected chi connectivity index (χ3v) is 2.97. The van der Waals surface area contributed by atoms with E-state index >= 15 is 0 Å². The summed E-state index contributed by atoms with van der Waals surface area (Å²) in [5.41, 5.74) is 6.96. The van der Waals surface area contributed by atoms with Crippen molar-refractivity contribution in [3.63, 3.8) is 0 Å². The number of benzene rings is 2. The molecule has 94 valence electrons. The van der Waals surface area contributed by atoms with Crippen LogP contribution in [0.5, 0.6) is 0 Å². The van der Waals surface area contributed by atoms with Crippen LogP contribution in [-0.4, -0.2) is 0 Å². The second-order valence-electron chi connectivity index (χ2n) is 5.06. The molecule has 2 aromatic rings. The Kier molecular flexibility index (Phi) is 3.39. The first-order valence-electron chi connectivity index (χ1n) is 6.17. The van der Waals surface area contributed by atoms with Crippen molar-refractivity contribution < 1.29 is 0 Å². The van der Waals surface area contributed by atoms with Gasteiger partial charge in [-0.15, -0.1) is 0 Å². The van der Waals surface area contributed by atoms with Crippen molar-refractivity contribution in [1.82, 2.24) is 0 Å². The van der Waals surface area contributed by atoms with Crippen LogP contribution in [0.2, 0.25) is 0 Å². The zero-order valence-corrected chi connectivity index (χ0v) is 11.5. The molecular formula is C16H20N2. The van der Waals surface area contributed by atoms with Crippen LogP contribution in [0.4, 0.5) is 11.4 Å². The van der Waals surface area contributed by atoms with E-state index in [-0.39, 0.29) is 0 Å². The summed E-state index contributed by atoms with van der Waals surface area (Å²) in [5.74, 6) is 6.23. The van der Waals surface area contributed by atoms with Crippen LogP contribution in [-0.2, 0) is 0 Å². The number of anilines is 2. The third kappa shape index (κ3) is 2.71. The van der Waals surface area contributed by atoms with Gasteiger partial charge in [0.1, 0.15) is 0 Å². The van der Waals surface area contributed by atoms with Gasteiger partial charge in [0.05, 0.1) is 11.4 Å². The molecule has 2 rings (SSSR count). The van der Waals surface area contributed by atoms with Gasteiger partial charge in [-0.1, -0.05) is 12.1 Å². The van der Waals surface area contributed by atoms with Gasteiger partial charge in [0.25, 0.3) is 0 Å². The summed E-state index contributed by atoms with van der Waals surface area (Å²) < 4.78 is 0. The first kappa shape index (κ1) is 12.7. The van der Waals surface area contributed by atoms with E-state index in [9.17, 15) is 0 Å². The Morgan fingerprint density at radius 2 is 0.889 bits per heavy atom. The number of aryl methyl sites for hydroxylation is 4. The summed E-state index contributed by atoms with van der Waals surface area (Å²) in [6, 6.07) is 12.7. The normalized spacial score (nSPS) is 10.5. The summed E-state index contributed by atoms with van der Waals surface area (Å²) in [7, 11) is 0. The summed E-state index contributed by atoms with van der Waals surface area (Å²) in [4.78, 5) is 0. The summed E-state index contributed by atoms with van der Waals surface area (Å²) in [5, 5.41) is 1.75. The van der Waals surface area contributed by atoms with Crippen LogP contribution in [0, 0.1) is 27.7 Å². The van der Waals surface area contributed by atoms with Crippen molar-refractivity contribution in [2.75, 3.05) is 5.01 Å². The van der Waals surface area contributed by atoms with E-state index in [0.29, 0.717) is 0 Å². The van der Waals surface area contributed by atoms with E-state index in [2.05, 4.69) is 64.1 Å². The lowest BCUT2D eigenvalue weighted by Crippen LogP contribution is -2.25. The fourth-order valence-corrected chi connectivity index (χ4v) is 2.33. The monoisotopic (exact) mass is 240 g/mol. The molecule has 2 aromatic carbocycles. The van der Waals surface area contributed by atoms with Gasteiger partial charge in [0.2, 0.25) is 0 Å². The van der Waals surface area contributed by atoms with Crippen molar-refractivity contribution in [3.8, 4) is 0 Å². The molecule has 2 nitrogen and oxygen atoms in total. The average Bonchev–Trinajstić information content (AvgIpc) is 2.25. The Morgan fingerprint density at radius 3 is 1.17 bits per heavy atom. The smallest absolute Gasteiger partial charge is 0.0580 e. The van der Waals surface area contributed by atoms with Gasteiger partial charge in [0, 0.05) is 0 Å². The Morgan fingerprint density at radius 1 is 0.611 bits per heavy atom. The molecule has 0 unspecified atom stereocenters. The maximum atomic E-state index is 6.23. The van der Waals surface area contributed by atoms with Crippen LogP contribution in [0.3, 0.4) is 0 Å². The fourth-order valence-electron chi connectivity index (χ4n) is 2.33. The lowest BCUT2D eigenvalue weighted by molar-refractivity contribution is 1.07. The average molecular weight is 240 g/mol. The molecule has 0 atom stereocenters. The molecule has 2 N–H and O–H groups in total. The van der Waals surface area contributed by atoms with Crippen molar-refractivity contribution in [1.29, 1.82) is 0 Å². The SMILES string of the molecule is Cc1cc(C)cc(N(N)c2cc(C)cc(C)c2)c1. The predicted molar refractivity (Wildman–Crippen MR) is 78.2 cm³/mol. The van der Waals surface area contributed by atoms with Crippen LogP contribution in [0.1, 0.15) is 22.3 Å². The van der Waals surface area contributed by atoms with Gasteiger partial charge in [-0.05, 0) is 74.2 Å². The van der Waals surface area contributed by atoms with Gasteiger partial charge in [-0.2, -0.15) is 0 Å². The third-order valence-electron chi connectivity index (χ3n) is 2.97. The Labute approximate surface area is 109 Å². The quantitative estimate of drug-likeness (QED) is 0.636. The first-order chi connectivity index (χ1) is 8.45. The van der Waals surface area contributed by atoms with Gasteiger partial charge in [-0.3, -0.25) is 5.01 Å². The largest absolute Gasteiger partial charge is 0.280 e. The lowest BCUT2D eigenvalue weighted by Gasteiger charge is -2.21. The highest BCUT2D eigenvalue weighted by molar-refractivity contribution is 5.64. The minimum Gasteiger partial charge on any atom is -0.280 e. The molecular weight excluding hydrogens is 220 g/mol. The van der Waals surface area contributed by atoms with Crippen LogP contribution in [0.15, 0.2) is 36.4 Å². The molecule has 0 spiro atoms. The molecule has 0 bridgehead atoms. The molecule has 0 saturated carbocycles. The van der Waals surface area contributed by atoms with Gasteiger partial charge >= 0.3 is 0 Å². The number of hydrogen-bond acceptors (Lipinski definition) is 2. The minimum absolute atomic E-state index is 1.03. The standard InChI is InChI=1S/C16H20N2/c1-11-5-12(2)8-15(7-11)18(17)16-9-13(3)6-14(4)10-16/h5-10H,17H2,1-4H3. The summed E-state index contributed by atoms with van der Waals surface area (Å²) in [6.45, 7) is 8.36. The van der Waals surface area contributed by atoms with Crippen molar-refractivity contribution >= 4 is 11.4 Å². The molecule has 0 heterocycles. The fraction of sp³-hybridized carbons (Fsp3) is 0.250. The van der Waals surface area contributed by atoms with E-state index < -0.39 is 0 Å². The Balaban J connectivity index is 2.43. The van der Waals surface area contributed by atoms with Gasteiger partial charge in [-0.25, -0.2) is 5.84 Å². The highest BCUT2D eigenvalue weighted by atomic mass is 15.4. The van der Waals surface area contributed by atoms with Crippen LogP contribution >= 0.6 is 0 Å². The topological polar surface area (TPSA) is 29.3 Å². The van der Waals surface area contributed by atoms with Gasteiger partial charge < -0.3 is 0 Å². The Hall–Kier alpha value is -1.80. The molecule has 0 aliphatic carbocycles. The molecule has 0 aromatic heterocycles. The summed E-state index contributed by atoms with van der Waals surface area (Å²) >= 11 is 0.